The molecule has 0 radical (unpaired) electrons. The van der Waals surface area contributed by atoms with E-state index in [-0.39, 0.29) is 10.8 Å². The van der Waals surface area contributed by atoms with Gasteiger partial charge in [0, 0.05) is 17.1 Å². The van der Waals surface area contributed by atoms with Crippen molar-refractivity contribution < 1.29 is 13.2 Å². The number of amides is 1. The van der Waals surface area contributed by atoms with Gasteiger partial charge in [0.25, 0.3) is 10.0 Å². The van der Waals surface area contributed by atoms with E-state index >= 15 is 0 Å². The Hall–Kier alpha value is -3.32. The van der Waals surface area contributed by atoms with Gasteiger partial charge in [0.15, 0.2) is 0 Å². The molecule has 0 bridgehead atoms. The van der Waals surface area contributed by atoms with Crippen molar-refractivity contribution in [3.05, 3.63) is 83.9 Å². The van der Waals surface area contributed by atoms with E-state index in [4.69, 9.17) is 0 Å². The van der Waals surface area contributed by atoms with Crippen LogP contribution in [0.25, 0.3) is 0 Å². The van der Waals surface area contributed by atoms with Gasteiger partial charge in [0.05, 0.1) is 4.90 Å². The maximum absolute atomic E-state index is 12.9. The fourth-order valence-corrected chi connectivity index (χ4v) is 4.31. The van der Waals surface area contributed by atoms with Gasteiger partial charge in [-0.2, -0.15) is 0 Å². The number of hydrogen-bond donors (Lipinski definition) is 3. The highest BCUT2D eigenvalue weighted by Crippen LogP contribution is 2.24. The van der Waals surface area contributed by atoms with E-state index in [0.717, 1.165) is 5.56 Å². The van der Waals surface area contributed by atoms with Gasteiger partial charge in [-0.15, -0.1) is 0 Å². The van der Waals surface area contributed by atoms with Gasteiger partial charge in [-0.1, -0.05) is 36.4 Å². The van der Waals surface area contributed by atoms with Gasteiger partial charge in [-0.3, -0.25) is 9.52 Å². The first-order valence-electron chi connectivity index (χ1n) is 9.57. The second kappa shape index (κ2) is 9.00. The fourth-order valence-electron chi connectivity index (χ4n) is 2.99. The predicted molar refractivity (Wildman–Crippen MR) is 121 cm³/mol. The number of sulfonamides is 1. The number of benzene rings is 3. The van der Waals surface area contributed by atoms with E-state index in [0.29, 0.717) is 22.6 Å². The number of nitrogens with one attached hydrogen (secondary N) is 3. The van der Waals surface area contributed by atoms with Gasteiger partial charge < -0.3 is 10.6 Å². The summed E-state index contributed by atoms with van der Waals surface area (Å²) in [5.41, 5.74) is 3.32. The van der Waals surface area contributed by atoms with Gasteiger partial charge >= 0.3 is 0 Å². The Balaban J connectivity index is 1.76. The number of carbonyl (C=O) groups is 1. The molecule has 0 saturated heterocycles. The number of carbonyl (C=O) groups excluding carboxylic acids is 1. The maximum atomic E-state index is 12.9. The zero-order valence-corrected chi connectivity index (χ0v) is 18.0. The first-order valence-corrected chi connectivity index (χ1v) is 11.1. The van der Waals surface area contributed by atoms with Crippen LogP contribution in [0.1, 0.15) is 18.1 Å². The average Bonchev–Trinajstić information content (AvgIpc) is 2.69. The van der Waals surface area contributed by atoms with E-state index in [1.165, 1.54) is 0 Å². The van der Waals surface area contributed by atoms with Crippen molar-refractivity contribution in [3.8, 4) is 0 Å². The Morgan fingerprint density at radius 1 is 0.833 bits per heavy atom. The van der Waals surface area contributed by atoms with Gasteiger partial charge in [-0.05, 0) is 68.3 Å². The third kappa shape index (κ3) is 5.39. The third-order valence-corrected chi connectivity index (χ3v) is 6.09. The molecule has 30 heavy (non-hydrogen) atoms. The molecule has 3 N–H and O–H groups in total. The van der Waals surface area contributed by atoms with E-state index in [1.807, 2.05) is 31.2 Å². The Bertz CT molecular complexity index is 1150. The monoisotopic (exact) mass is 423 g/mol. The number of rotatable bonds is 7. The van der Waals surface area contributed by atoms with Crippen LogP contribution in [0.2, 0.25) is 0 Å². The first kappa shape index (κ1) is 21.4. The summed E-state index contributed by atoms with van der Waals surface area (Å²) in [6.07, 6.45) is 0. The normalized spacial score (nSPS) is 12.1. The molecule has 0 aliphatic carbocycles. The average molecular weight is 424 g/mol. The molecule has 0 spiro atoms. The van der Waals surface area contributed by atoms with Crippen LogP contribution in [0.5, 0.6) is 0 Å². The molecule has 156 valence electrons. The minimum Gasteiger partial charge on any atom is -0.374 e. The Labute approximate surface area is 177 Å². The van der Waals surface area contributed by atoms with Crippen molar-refractivity contribution in [2.45, 2.75) is 31.7 Å². The molecular weight excluding hydrogens is 398 g/mol. The zero-order valence-electron chi connectivity index (χ0n) is 17.1. The Morgan fingerprint density at radius 3 is 2.23 bits per heavy atom. The number of para-hydroxylation sites is 1. The maximum Gasteiger partial charge on any atom is 0.262 e. The summed E-state index contributed by atoms with van der Waals surface area (Å²) in [7, 11) is -3.78. The van der Waals surface area contributed by atoms with Gasteiger partial charge in [0.1, 0.15) is 6.04 Å². The van der Waals surface area contributed by atoms with Crippen LogP contribution in [-0.2, 0) is 14.8 Å². The quantitative estimate of drug-likeness (QED) is 0.521. The summed E-state index contributed by atoms with van der Waals surface area (Å²) in [5.74, 6) is -0.218. The molecular formula is C23H25N3O3S. The summed E-state index contributed by atoms with van der Waals surface area (Å²) in [6.45, 7) is 5.35. The van der Waals surface area contributed by atoms with Crippen LogP contribution in [0, 0.1) is 13.8 Å². The third-order valence-electron chi connectivity index (χ3n) is 4.57. The molecule has 0 saturated carbocycles. The lowest BCUT2D eigenvalue weighted by molar-refractivity contribution is -0.116. The Morgan fingerprint density at radius 2 is 1.53 bits per heavy atom. The molecule has 0 fully saturated rings. The van der Waals surface area contributed by atoms with Crippen LogP contribution in [-0.4, -0.2) is 20.4 Å². The van der Waals surface area contributed by atoms with Crippen LogP contribution < -0.4 is 15.4 Å². The highest BCUT2D eigenvalue weighted by atomic mass is 32.2. The minimum atomic E-state index is -3.78. The smallest absolute Gasteiger partial charge is 0.262 e. The van der Waals surface area contributed by atoms with Gasteiger partial charge in [0.2, 0.25) is 5.91 Å². The fraction of sp³-hybridized carbons (Fsp3) is 0.174. The summed E-state index contributed by atoms with van der Waals surface area (Å²) < 4.78 is 28.5. The molecule has 0 aromatic heterocycles. The molecule has 7 heteroatoms. The molecule has 3 rings (SSSR count). The number of anilines is 3. The highest BCUT2D eigenvalue weighted by molar-refractivity contribution is 7.92. The number of hydrogen-bond acceptors (Lipinski definition) is 4. The SMILES string of the molecule is Cc1cccc(NS(=O)(=O)c2cc(N[C@H](C)C(=O)Nc3ccccc3)ccc2C)c1. The molecule has 3 aromatic rings. The van der Waals surface area contributed by atoms with E-state index in [1.54, 1.807) is 62.4 Å². The zero-order chi connectivity index (χ0) is 21.7. The van der Waals surface area contributed by atoms with Crippen molar-refractivity contribution in [1.29, 1.82) is 0 Å². The van der Waals surface area contributed by atoms with E-state index in [2.05, 4.69) is 15.4 Å². The summed E-state index contributed by atoms with van der Waals surface area (Å²) in [6, 6.07) is 20.8. The highest BCUT2D eigenvalue weighted by Gasteiger charge is 2.19. The summed E-state index contributed by atoms with van der Waals surface area (Å²) >= 11 is 0. The molecule has 0 unspecified atom stereocenters. The second-order valence-electron chi connectivity index (χ2n) is 7.18. The predicted octanol–water partition coefficient (Wildman–Crippen LogP) is 4.54. The minimum absolute atomic E-state index is 0.157. The molecule has 0 heterocycles. The largest absolute Gasteiger partial charge is 0.374 e. The standard InChI is InChI=1S/C23H25N3O3S/c1-16-8-7-11-21(14-16)26-30(28,29)22-15-20(13-12-17(22)2)24-18(3)23(27)25-19-9-5-4-6-10-19/h4-15,18,24,26H,1-3H3,(H,25,27)/t18-/m1/s1. The van der Waals surface area contributed by atoms with Crippen molar-refractivity contribution >= 4 is 33.0 Å². The Kier molecular flexibility index (Phi) is 6.42. The van der Waals surface area contributed by atoms with Gasteiger partial charge in [-0.25, -0.2) is 8.42 Å². The van der Waals surface area contributed by atoms with Crippen LogP contribution in [0.15, 0.2) is 77.7 Å². The molecule has 6 nitrogen and oxygen atoms in total. The van der Waals surface area contributed by atoms with E-state index in [9.17, 15) is 13.2 Å². The van der Waals surface area contributed by atoms with Crippen molar-refractivity contribution in [1.82, 2.24) is 0 Å². The van der Waals surface area contributed by atoms with Crippen molar-refractivity contribution in [2.75, 3.05) is 15.4 Å². The lowest BCUT2D eigenvalue weighted by atomic mass is 10.2. The molecule has 0 aliphatic heterocycles. The number of aryl methyl sites for hydroxylation is 2. The second-order valence-corrected chi connectivity index (χ2v) is 8.83. The lowest BCUT2D eigenvalue weighted by Gasteiger charge is -2.17. The molecule has 1 atom stereocenters. The first-order chi connectivity index (χ1) is 14.2. The molecule has 3 aromatic carbocycles. The topological polar surface area (TPSA) is 87.3 Å². The van der Waals surface area contributed by atoms with Crippen molar-refractivity contribution in [2.24, 2.45) is 0 Å². The van der Waals surface area contributed by atoms with Crippen molar-refractivity contribution in [3.63, 3.8) is 0 Å². The molecule has 0 aliphatic rings. The lowest BCUT2D eigenvalue weighted by Crippen LogP contribution is -2.32. The van der Waals surface area contributed by atoms with Crippen LogP contribution in [0.3, 0.4) is 0 Å². The van der Waals surface area contributed by atoms with Crippen LogP contribution in [0.4, 0.5) is 17.1 Å². The van der Waals surface area contributed by atoms with E-state index < -0.39 is 16.1 Å². The van der Waals surface area contributed by atoms with Crippen LogP contribution >= 0.6 is 0 Å². The summed E-state index contributed by atoms with van der Waals surface area (Å²) in [4.78, 5) is 12.6. The molecule has 1 amide bonds. The summed E-state index contributed by atoms with van der Waals surface area (Å²) in [5, 5.41) is 5.89.